The molecular formula is C21H22FN3O4S. The molecule has 1 saturated heterocycles. The number of sulfonamides is 1. The Morgan fingerprint density at radius 2 is 1.77 bits per heavy atom. The zero-order chi connectivity index (χ0) is 21.0. The Labute approximate surface area is 174 Å². The highest BCUT2D eigenvalue weighted by atomic mass is 32.2. The second kappa shape index (κ2) is 9.03. The number of ether oxygens (including phenoxy) is 1. The van der Waals surface area contributed by atoms with Gasteiger partial charge in [-0.25, -0.2) is 12.8 Å². The predicted octanol–water partition coefficient (Wildman–Crippen LogP) is 3.29. The molecule has 0 atom stereocenters. The van der Waals surface area contributed by atoms with Gasteiger partial charge < -0.3 is 9.26 Å². The van der Waals surface area contributed by atoms with Crippen LogP contribution in [0.15, 0.2) is 64.0 Å². The monoisotopic (exact) mass is 431 g/mol. The molecule has 158 valence electrons. The van der Waals surface area contributed by atoms with Crippen LogP contribution in [0.5, 0.6) is 0 Å². The molecule has 0 N–H and O–H groups in total. The third kappa shape index (κ3) is 4.75. The molecule has 1 aliphatic heterocycles. The summed E-state index contributed by atoms with van der Waals surface area (Å²) in [4.78, 5) is 4.48. The minimum absolute atomic E-state index is 0.0230. The number of benzene rings is 2. The van der Waals surface area contributed by atoms with Gasteiger partial charge in [-0.1, -0.05) is 23.4 Å². The number of hydrogen-bond acceptors (Lipinski definition) is 6. The molecule has 0 unspecified atom stereocenters. The summed E-state index contributed by atoms with van der Waals surface area (Å²) in [6, 6.07) is 14.4. The van der Waals surface area contributed by atoms with Gasteiger partial charge in [0.15, 0.2) is 5.82 Å². The molecule has 4 rings (SSSR count). The van der Waals surface area contributed by atoms with Crippen LogP contribution in [0.1, 0.15) is 18.7 Å². The van der Waals surface area contributed by atoms with Crippen molar-refractivity contribution in [2.75, 3.05) is 19.7 Å². The molecule has 0 saturated carbocycles. The number of aromatic nitrogens is 2. The Kier molecular flexibility index (Phi) is 6.21. The fourth-order valence-electron chi connectivity index (χ4n) is 3.37. The molecule has 1 fully saturated rings. The van der Waals surface area contributed by atoms with E-state index in [1.807, 2.05) is 30.3 Å². The quantitative estimate of drug-likeness (QED) is 0.571. The van der Waals surface area contributed by atoms with Crippen molar-refractivity contribution in [3.8, 4) is 11.5 Å². The smallest absolute Gasteiger partial charge is 0.257 e. The summed E-state index contributed by atoms with van der Waals surface area (Å²) in [7, 11) is -3.61. The number of nitrogens with zero attached hydrogens (tertiary/aromatic N) is 3. The van der Waals surface area contributed by atoms with Gasteiger partial charge in [0, 0.05) is 25.1 Å². The minimum Gasteiger partial charge on any atom is -0.378 e. The molecule has 3 aromatic rings. The maximum absolute atomic E-state index is 13.1. The van der Waals surface area contributed by atoms with Gasteiger partial charge in [0.1, 0.15) is 5.82 Å². The van der Waals surface area contributed by atoms with Crippen LogP contribution in [-0.4, -0.2) is 48.7 Å². The Hall–Kier alpha value is -2.62. The molecule has 1 aliphatic rings. The lowest BCUT2D eigenvalue weighted by molar-refractivity contribution is 0.0222. The molecule has 7 nitrogen and oxygen atoms in total. The highest BCUT2D eigenvalue weighted by molar-refractivity contribution is 7.89. The van der Waals surface area contributed by atoms with Gasteiger partial charge in [-0.05, 0) is 49.2 Å². The van der Waals surface area contributed by atoms with Gasteiger partial charge in [-0.2, -0.15) is 9.29 Å². The van der Waals surface area contributed by atoms with Crippen molar-refractivity contribution < 1.29 is 22.1 Å². The molecule has 1 aromatic heterocycles. The third-order valence-electron chi connectivity index (χ3n) is 5.02. The van der Waals surface area contributed by atoms with Gasteiger partial charge >= 0.3 is 0 Å². The average molecular weight is 431 g/mol. The van der Waals surface area contributed by atoms with Crippen LogP contribution in [-0.2, 0) is 21.2 Å². The van der Waals surface area contributed by atoms with E-state index in [-0.39, 0.29) is 11.0 Å². The van der Waals surface area contributed by atoms with Gasteiger partial charge in [0.2, 0.25) is 10.0 Å². The highest BCUT2D eigenvalue weighted by Crippen LogP contribution is 2.22. The fourth-order valence-corrected chi connectivity index (χ4v) is 4.83. The third-order valence-corrected chi connectivity index (χ3v) is 6.93. The van der Waals surface area contributed by atoms with Crippen molar-refractivity contribution in [3.05, 3.63) is 66.2 Å². The van der Waals surface area contributed by atoms with E-state index in [1.54, 1.807) is 0 Å². The standard InChI is InChI=1S/C21H22FN3O4S/c22-17-6-8-19(9-7-17)30(26,27)25-13-10-18(11-14-25)28-15-12-20-23-21(29-24-20)16-4-2-1-3-5-16/h1-9,18H,10-15H2. The van der Waals surface area contributed by atoms with Crippen molar-refractivity contribution in [1.29, 1.82) is 0 Å². The maximum atomic E-state index is 13.1. The van der Waals surface area contributed by atoms with Crippen molar-refractivity contribution in [2.24, 2.45) is 0 Å². The molecule has 9 heteroatoms. The summed E-state index contributed by atoms with van der Waals surface area (Å²) in [5, 5.41) is 3.98. The lowest BCUT2D eigenvalue weighted by Gasteiger charge is -2.31. The number of rotatable bonds is 7. The van der Waals surface area contributed by atoms with E-state index >= 15 is 0 Å². The zero-order valence-electron chi connectivity index (χ0n) is 16.3. The van der Waals surface area contributed by atoms with Crippen molar-refractivity contribution in [1.82, 2.24) is 14.4 Å². The number of halogens is 1. The molecule has 0 amide bonds. The first-order chi connectivity index (χ1) is 14.5. The summed E-state index contributed by atoms with van der Waals surface area (Å²) in [5.74, 6) is 0.591. The molecule has 30 heavy (non-hydrogen) atoms. The Morgan fingerprint density at radius 3 is 2.47 bits per heavy atom. The minimum atomic E-state index is -3.61. The first-order valence-corrected chi connectivity index (χ1v) is 11.2. The van der Waals surface area contributed by atoms with Crippen molar-refractivity contribution in [2.45, 2.75) is 30.3 Å². The molecule has 0 aliphatic carbocycles. The SMILES string of the molecule is O=S(=O)(c1ccc(F)cc1)N1CCC(OCCc2noc(-c3ccccc3)n2)CC1. The Bertz CT molecular complexity index is 1060. The summed E-state index contributed by atoms with van der Waals surface area (Å²) < 4.78 is 51.0. The van der Waals surface area contributed by atoms with E-state index in [2.05, 4.69) is 10.1 Å². The predicted molar refractivity (Wildman–Crippen MR) is 108 cm³/mol. The van der Waals surface area contributed by atoms with Gasteiger partial charge in [0.25, 0.3) is 5.89 Å². The van der Waals surface area contributed by atoms with E-state index in [4.69, 9.17) is 9.26 Å². The molecule has 0 bridgehead atoms. The normalized spacial score (nSPS) is 16.0. The molecule has 0 radical (unpaired) electrons. The maximum Gasteiger partial charge on any atom is 0.257 e. The Morgan fingerprint density at radius 1 is 1.07 bits per heavy atom. The summed E-state index contributed by atoms with van der Waals surface area (Å²) in [5.41, 5.74) is 0.868. The van der Waals surface area contributed by atoms with Gasteiger partial charge in [-0.15, -0.1) is 0 Å². The zero-order valence-corrected chi connectivity index (χ0v) is 17.1. The average Bonchev–Trinajstić information content (AvgIpc) is 3.24. The van der Waals surface area contributed by atoms with Crippen LogP contribution >= 0.6 is 0 Å². The van der Waals surface area contributed by atoms with Crippen LogP contribution in [0.25, 0.3) is 11.5 Å². The summed E-state index contributed by atoms with van der Waals surface area (Å²) >= 11 is 0. The van der Waals surface area contributed by atoms with E-state index < -0.39 is 15.8 Å². The largest absolute Gasteiger partial charge is 0.378 e. The van der Waals surface area contributed by atoms with Gasteiger partial charge in [-0.3, -0.25) is 0 Å². The summed E-state index contributed by atoms with van der Waals surface area (Å²) in [6.07, 6.45) is 1.69. The van der Waals surface area contributed by atoms with Crippen molar-refractivity contribution in [3.63, 3.8) is 0 Å². The Balaban J connectivity index is 1.25. The molecule has 0 spiro atoms. The highest BCUT2D eigenvalue weighted by Gasteiger charge is 2.29. The fraction of sp³-hybridized carbons (Fsp3) is 0.333. The number of hydrogen-bond donors (Lipinski definition) is 0. The van der Waals surface area contributed by atoms with Crippen LogP contribution in [0.3, 0.4) is 0 Å². The van der Waals surface area contributed by atoms with Crippen LogP contribution < -0.4 is 0 Å². The summed E-state index contributed by atoms with van der Waals surface area (Å²) in [6.45, 7) is 1.17. The van der Waals surface area contributed by atoms with E-state index in [0.717, 1.165) is 17.7 Å². The van der Waals surface area contributed by atoms with E-state index in [9.17, 15) is 12.8 Å². The van der Waals surface area contributed by atoms with Crippen LogP contribution in [0.2, 0.25) is 0 Å². The number of piperidine rings is 1. The van der Waals surface area contributed by atoms with Crippen LogP contribution in [0.4, 0.5) is 4.39 Å². The van der Waals surface area contributed by atoms with E-state index in [1.165, 1.54) is 16.4 Å². The molecule has 2 aromatic carbocycles. The topological polar surface area (TPSA) is 85.5 Å². The lowest BCUT2D eigenvalue weighted by Crippen LogP contribution is -2.41. The first-order valence-electron chi connectivity index (χ1n) is 9.78. The van der Waals surface area contributed by atoms with Crippen molar-refractivity contribution >= 4 is 10.0 Å². The van der Waals surface area contributed by atoms with Crippen LogP contribution in [0, 0.1) is 5.82 Å². The second-order valence-electron chi connectivity index (χ2n) is 7.06. The molecule has 2 heterocycles. The second-order valence-corrected chi connectivity index (χ2v) is 9.00. The van der Waals surface area contributed by atoms with E-state index in [0.29, 0.717) is 50.7 Å². The molecular weight excluding hydrogens is 409 g/mol. The lowest BCUT2D eigenvalue weighted by atomic mass is 10.1. The van der Waals surface area contributed by atoms with Gasteiger partial charge in [0.05, 0.1) is 17.6 Å². The first kappa shape index (κ1) is 20.6.